The van der Waals surface area contributed by atoms with Crippen molar-refractivity contribution in [3.8, 4) is 0 Å². The van der Waals surface area contributed by atoms with Gasteiger partial charge in [0, 0.05) is 20.0 Å². The summed E-state index contributed by atoms with van der Waals surface area (Å²) in [6.45, 7) is 2.49. The molecule has 17 heavy (non-hydrogen) atoms. The number of thiazole rings is 1. The number of amides is 1. The number of nitrogens with zero attached hydrogens (tertiary/aromatic N) is 2. The molecule has 2 rings (SSSR count). The SMILES string of the molecule is CC(=O)Nc1ncc(S(=O)(=O)N2CCCC2)s1. The summed E-state index contributed by atoms with van der Waals surface area (Å²) in [5.41, 5.74) is 0. The maximum Gasteiger partial charge on any atom is 0.254 e. The topological polar surface area (TPSA) is 79.4 Å². The van der Waals surface area contributed by atoms with E-state index in [1.54, 1.807) is 0 Å². The van der Waals surface area contributed by atoms with Crippen LogP contribution in [0.2, 0.25) is 0 Å². The highest BCUT2D eigenvalue weighted by Crippen LogP contribution is 2.27. The number of hydrogen-bond acceptors (Lipinski definition) is 5. The van der Waals surface area contributed by atoms with Gasteiger partial charge in [0.2, 0.25) is 5.91 Å². The van der Waals surface area contributed by atoms with Gasteiger partial charge < -0.3 is 5.32 Å². The third-order valence-corrected chi connectivity index (χ3v) is 5.67. The standard InChI is InChI=1S/C9H13N3O3S2/c1-7(13)11-9-10-6-8(16-9)17(14,15)12-4-2-3-5-12/h6H,2-5H2,1H3,(H,10,11,13). The first-order valence-corrected chi connectivity index (χ1v) is 7.49. The van der Waals surface area contributed by atoms with Crippen molar-refractivity contribution < 1.29 is 13.2 Å². The second-order valence-electron chi connectivity index (χ2n) is 3.78. The summed E-state index contributed by atoms with van der Waals surface area (Å²) in [5.74, 6) is -0.260. The Hall–Kier alpha value is -0.990. The number of sulfonamides is 1. The van der Waals surface area contributed by atoms with E-state index >= 15 is 0 Å². The lowest BCUT2D eigenvalue weighted by atomic mass is 10.4. The van der Waals surface area contributed by atoms with Crippen LogP contribution in [0.3, 0.4) is 0 Å². The van der Waals surface area contributed by atoms with Gasteiger partial charge in [0.05, 0.1) is 6.20 Å². The smallest absolute Gasteiger partial charge is 0.254 e. The van der Waals surface area contributed by atoms with Gasteiger partial charge in [-0.2, -0.15) is 4.31 Å². The number of nitrogens with one attached hydrogen (secondary N) is 1. The molecular weight excluding hydrogens is 262 g/mol. The lowest BCUT2D eigenvalue weighted by Crippen LogP contribution is -2.27. The number of carbonyl (C=O) groups excluding carboxylic acids is 1. The van der Waals surface area contributed by atoms with Gasteiger partial charge >= 0.3 is 0 Å². The number of hydrogen-bond donors (Lipinski definition) is 1. The normalized spacial score (nSPS) is 17.2. The quantitative estimate of drug-likeness (QED) is 0.888. The Morgan fingerprint density at radius 2 is 2.12 bits per heavy atom. The highest BCUT2D eigenvalue weighted by atomic mass is 32.2. The molecule has 6 nitrogen and oxygen atoms in total. The van der Waals surface area contributed by atoms with Gasteiger partial charge in [-0.25, -0.2) is 13.4 Å². The van der Waals surface area contributed by atoms with E-state index in [4.69, 9.17) is 0 Å². The molecule has 0 spiro atoms. The molecule has 0 saturated carbocycles. The minimum atomic E-state index is -3.42. The van der Waals surface area contributed by atoms with E-state index in [-0.39, 0.29) is 10.1 Å². The van der Waals surface area contributed by atoms with Gasteiger partial charge in [0.25, 0.3) is 10.0 Å². The molecule has 1 amide bonds. The van der Waals surface area contributed by atoms with Crippen molar-refractivity contribution in [2.75, 3.05) is 18.4 Å². The van der Waals surface area contributed by atoms with Crippen LogP contribution >= 0.6 is 11.3 Å². The van der Waals surface area contributed by atoms with Crippen molar-refractivity contribution in [3.63, 3.8) is 0 Å². The van der Waals surface area contributed by atoms with Crippen molar-refractivity contribution >= 4 is 32.4 Å². The highest BCUT2D eigenvalue weighted by molar-refractivity contribution is 7.91. The molecule has 1 aliphatic rings. The third-order valence-electron chi connectivity index (χ3n) is 2.43. The van der Waals surface area contributed by atoms with Gasteiger partial charge in [0.1, 0.15) is 0 Å². The van der Waals surface area contributed by atoms with Crippen LogP contribution in [0.25, 0.3) is 0 Å². The lowest BCUT2D eigenvalue weighted by molar-refractivity contribution is -0.114. The zero-order chi connectivity index (χ0) is 12.5. The van der Waals surface area contributed by atoms with Gasteiger partial charge in [-0.05, 0) is 12.8 Å². The highest BCUT2D eigenvalue weighted by Gasteiger charge is 2.29. The van der Waals surface area contributed by atoms with E-state index in [0.29, 0.717) is 18.2 Å². The molecule has 0 atom stereocenters. The Bertz CT molecular complexity index is 517. The Labute approximate surface area is 104 Å². The molecule has 1 N–H and O–H groups in total. The fourth-order valence-electron chi connectivity index (χ4n) is 1.64. The number of carbonyl (C=O) groups is 1. The molecule has 1 aromatic heterocycles. The largest absolute Gasteiger partial charge is 0.302 e. The third kappa shape index (κ3) is 2.64. The van der Waals surface area contributed by atoms with Gasteiger partial charge in [-0.1, -0.05) is 11.3 Å². The maximum atomic E-state index is 12.1. The van der Waals surface area contributed by atoms with Gasteiger partial charge in [0.15, 0.2) is 9.34 Å². The molecular formula is C9H13N3O3S2. The van der Waals surface area contributed by atoms with E-state index in [2.05, 4.69) is 10.3 Å². The summed E-state index contributed by atoms with van der Waals surface area (Å²) >= 11 is 0.982. The van der Waals surface area contributed by atoms with Crippen molar-refractivity contribution in [1.82, 2.24) is 9.29 Å². The first-order valence-electron chi connectivity index (χ1n) is 5.24. The molecule has 8 heteroatoms. The fourth-order valence-corrected chi connectivity index (χ4v) is 4.39. The molecule has 1 aliphatic heterocycles. The summed E-state index contributed by atoms with van der Waals surface area (Å²) in [5, 5.41) is 2.79. The van der Waals surface area contributed by atoms with Crippen molar-refractivity contribution in [2.24, 2.45) is 0 Å². The van der Waals surface area contributed by atoms with E-state index in [0.717, 1.165) is 24.2 Å². The first kappa shape index (κ1) is 12.5. The van der Waals surface area contributed by atoms with E-state index in [1.165, 1.54) is 17.4 Å². The van der Waals surface area contributed by atoms with Crippen LogP contribution in [0, 0.1) is 0 Å². The zero-order valence-electron chi connectivity index (χ0n) is 9.34. The monoisotopic (exact) mass is 275 g/mol. The van der Waals surface area contributed by atoms with Crippen molar-refractivity contribution in [1.29, 1.82) is 0 Å². The van der Waals surface area contributed by atoms with Crippen LogP contribution in [0.5, 0.6) is 0 Å². The second-order valence-corrected chi connectivity index (χ2v) is 6.97. The molecule has 1 fully saturated rings. The molecule has 2 heterocycles. The molecule has 0 aromatic carbocycles. The number of aromatic nitrogens is 1. The number of anilines is 1. The van der Waals surface area contributed by atoms with Crippen LogP contribution in [-0.2, 0) is 14.8 Å². The fraction of sp³-hybridized carbons (Fsp3) is 0.556. The van der Waals surface area contributed by atoms with Crippen LogP contribution in [0.1, 0.15) is 19.8 Å². The molecule has 0 unspecified atom stereocenters. The molecule has 94 valence electrons. The maximum absolute atomic E-state index is 12.1. The lowest BCUT2D eigenvalue weighted by Gasteiger charge is -2.12. The average Bonchev–Trinajstić information content (AvgIpc) is 2.85. The Kier molecular flexibility index (Phi) is 3.45. The summed E-state index contributed by atoms with van der Waals surface area (Å²) in [6.07, 6.45) is 3.09. The zero-order valence-corrected chi connectivity index (χ0v) is 11.0. The second kappa shape index (κ2) is 4.71. The van der Waals surface area contributed by atoms with Crippen LogP contribution in [0.15, 0.2) is 10.4 Å². The number of rotatable bonds is 3. The molecule has 0 bridgehead atoms. The summed E-state index contributed by atoms with van der Waals surface area (Å²) in [6, 6.07) is 0. The average molecular weight is 275 g/mol. The Morgan fingerprint density at radius 1 is 1.47 bits per heavy atom. The van der Waals surface area contributed by atoms with E-state index < -0.39 is 10.0 Å². The van der Waals surface area contributed by atoms with Crippen LogP contribution in [0.4, 0.5) is 5.13 Å². The van der Waals surface area contributed by atoms with Crippen molar-refractivity contribution in [3.05, 3.63) is 6.20 Å². The minimum Gasteiger partial charge on any atom is -0.302 e. The molecule has 1 saturated heterocycles. The predicted molar refractivity (Wildman–Crippen MR) is 64.4 cm³/mol. The predicted octanol–water partition coefficient (Wildman–Crippen LogP) is 0.886. The summed E-state index contributed by atoms with van der Waals surface area (Å²) < 4.78 is 25.9. The molecule has 0 radical (unpaired) electrons. The summed E-state index contributed by atoms with van der Waals surface area (Å²) in [7, 11) is -3.42. The van der Waals surface area contributed by atoms with Crippen LogP contribution < -0.4 is 5.32 Å². The van der Waals surface area contributed by atoms with Gasteiger partial charge in [-0.15, -0.1) is 0 Å². The van der Waals surface area contributed by atoms with Gasteiger partial charge in [-0.3, -0.25) is 4.79 Å². The summed E-state index contributed by atoms with van der Waals surface area (Å²) in [4.78, 5) is 14.7. The minimum absolute atomic E-state index is 0.183. The van der Waals surface area contributed by atoms with Crippen LogP contribution in [-0.4, -0.2) is 36.7 Å². The Morgan fingerprint density at radius 3 is 2.71 bits per heavy atom. The van der Waals surface area contributed by atoms with E-state index in [1.807, 2.05) is 0 Å². The van der Waals surface area contributed by atoms with E-state index in [9.17, 15) is 13.2 Å². The molecule has 1 aromatic rings. The first-order chi connectivity index (χ1) is 8.00. The Balaban J connectivity index is 2.21. The van der Waals surface area contributed by atoms with Crippen molar-refractivity contribution in [2.45, 2.75) is 24.0 Å². The molecule has 0 aliphatic carbocycles.